The second-order valence-corrected chi connectivity index (χ2v) is 10.8. The normalized spacial score (nSPS) is 18.1. The van der Waals surface area contributed by atoms with Crippen LogP contribution in [0.15, 0.2) is 84.9 Å². The average Bonchev–Trinajstić information content (AvgIpc) is 3.54. The number of likely N-dealkylation sites (tertiary alicyclic amines) is 1. The third-order valence-electron chi connectivity index (χ3n) is 7.78. The van der Waals surface area contributed by atoms with E-state index in [1.807, 2.05) is 12.2 Å². The van der Waals surface area contributed by atoms with Crippen molar-refractivity contribution in [3.05, 3.63) is 85.7 Å². The quantitative estimate of drug-likeness (QED) is 0.211. The Kier molecular flexibility index (Phi) is 9.41. The highest BCUT2D eigenvalue weighted by Gasteiger charge is 2.24. The zero-order chi connectivity index (χ0) is 32.8. The molecule has 1 amide bonds. The van der Waals surface area contributed by atoms with Crippen LogP contribution in [0.2, 0.25) is 0 Å². The van der Waals surface area contributed by atoms with E-state index in [2.05, 4.69) is 32.0 Å². The highest BCUT2D eigenvalue weighted by atomic mass is 19.1. The monoisotopic (exact) mass is 639 g/mol. The van der Waals surface area contributed by atoms with Crippen LogP contribution in [0.5, 0.6) is 23.1 Å². The van der Waals surface area contributed by atoms with Crippen LogP contribution in [0.1, 0.15) is 25.7 Å². The molecule has 1 fully saturated rings. The first-order valence-corrected chi connectivity index (χ1v) is 15.1. The van der Waals surface area contributed by atoms with Crippen molar-refractivity contribution in [2.75, 3.05) is 32.6 Å². The molecule has 0 saturated carbocycles. The van der Waals surface area contributed by atoms with E-state index in [4.69, 9.17) is 18.9 Å². The molecular formula is C34H34FN7O5. The Balaban J connectivity index is 1.17. The van der Waals surface area contributed by atoms with Crippen molar-refractivity contribution in [2.24, 2.45) is 4.99 Å². The first kappa shape index (κ1) is 31.3. The number of nitrogens with one attached hydrogen (secondary N) is 1. The number of carbonyl (C=O) groups excluding carboxylic acids is 1. The van der Waals surface area contributed by atoms with Crippen LogP contribution in [0.3, 0.4) is 0 Å². The molecule has 2 aliphatic rings. The van der Waals surface area contributed by atoms with Crippen molar-refractivity contribution in [1.29, 1.82) is 0 Å². The first-order chi connectivity index (χ1) is 22.9. The molecule has 1 N–H and O–H groups in total. The molecule has 242 valence electrons. The van der Waals surface area contributed by atoms with Crippen molar-refractivity contribution in [1.82, 2.24) is 24.6 Å². The number of nitrogens with zero attached hydrogens (tertiary/aromatic N) is 6. The number of halogens is 1. The second-order valence-electron chi connectivity index (χ2n) is 10.8. The van der Waals surface area contributed by atoms with Crippen molar-refractivity contribution in [3.8, 4) is 23.1 Å². The number of piperidine rings is 1. The number of carbonyl (C=O) groups is 1. The van der Waals surface area contributed by atoms with Crippen molar-refractivity contribution < 1.29 is 28.1 Å². The van der Waals surface area contributed by atoms with Gasteiger partial charge in [-0.25, -0.2) is 24.0 Å². The summed E-state index contributed by atoms with van der Waals surface area (Å²) in [6, 6.07) is 9.70. The van der Waals surface area contributed by atoms with Crippen molar-refractivity contribution in [3.63, 3.8) is 0 Å². The molecule has 1 saturated heterocycles. The molecule has 0 atom stereocenters. The van der Waals surface area contributed by atoms with Crippen LogP contribution in [-0.2, 0) is 9.53 Å². The lowest BCUT2D eigenvalue weighted by Gasteiger charge is -2.31. The molecule has 6 rings (SSSR count). The van der Waals surface area contributed by atoms with Crippen LogP contribution in [0, 0.1) is 5.82 Å². The smallest absolute Gasteiger partial charge is 0.245 e. The molecule has 0 radical (unpaired) electrons. The molecule has 47 heavy (non-hydrogen) atoms. The number of rotatable bonds is 9. The molecule has 13 heteroatoms. The van der Waals surface area contributed by atoms with Gasteiger partial charge in [0.1, 0.15) is 29.8 Å². The lowest BCUT2D eigenvalue weighted by molar-refractivity contribution is -0.127. The maximum atomic E-state index is 15.4. The largest absolute Gasteiger partial charge is 0.493 e. The molecule has 0 bridgehead atoms. The minimum absolute atomic E-state index is 0.0876. The van der Waals surface area contributed by atoms with E-state index in [-0.39, 0.29) is 23.4 Å². The van der Waals surface area contributed by atoms with E-state index >= 15 is 4.39 Å². The summed E-state index contributed by atoms with van der Waals surface area (Å²) in [5, 5.41) is 8.15. The average molecular weight is 640 g/mol. The molecule has 2 aromatic heterocycles. The minimum Gasteiger partial charge on any atom is -0.493 e. The highest BCUT2D eigenvalue weighted by molar-refractivity contribution is 5.93. The molecule has 0 spiro atoms. The second kappa shape index (κ2) is 14.1. The Morgan fingerprint density at radius 2 is 1.94 bits per heavy atom. The fourth-order valence-corrected chi connectivity index (χ4v) is 5.28. The van der Waals surface area contributed by atoms with Gasteiger partial charge < -0.3 is 29.2 Å². The number of amides is 1. The standard InChI is InChI=1S/C34H34FN7O5/c1-4-33(43)41-14-11-23(12-15-41)46-30-18-25-28(19-29(30)44-2)37-21-38-34(25)39-27-10-9-24(17-26(27)35)47-32-13-16-42(40-32)22-7-5-6-8-31(45-3)36-20-22/h4-5,7,9-10,13,16-21,23H,1,6,8,11-12,14-15H2,2-3H3,(H,37,38,39)/b7-5-,22-20+,36-31+. The van der Waals surface area contributed by atoms with Gasteiger partial charge in [0.25, 0.3) is 0 Å². The molecule has 4 heterocycles. The predicted molar refractivity (Wildman–Crippen MR) is 176 cm³/mol. The third-order valence-corrected chi connectivity index (χ3v) is 7.78. The summed E-state index contributed by atoms with van der Waals surface area (Å²) >= 11 is 0. The molecule has 2 aromatic carbocycles. The van der Waals surface area contributed by atoms with Gasteiger partial charge in [-0.15, -0.1) is 5.10 Å². The Morgan fingerprint density at radius 1 is 1.09 bits per heavy atom. The van der Waals surface area contributed by atoms with Gasteiger partial charge in [-0.2, -0.15) is 0 Å². The number of allylic oxidation sites excluding steroid dienone is 3. The summed E-state index contributed by atoms with van der Waals surface area (Å²) in [6.45, 7) is 4.71. The van der Waals surface area contributed by atoms with Gasteiger partial charge in [0.15, 0.2) is 17.4 Å². The number of aliphatic imine (C=N–C) groups is 1. The van der Waals surface area contributed by atoms with E-state index < -0.39 is 5.82 Å². The molecule has 0 aliphatic carbocycles. The van der Waals surface area contributed by atoms with E-state index in [0.717, 1.165) is 18.5 Å². The van der Waals surface area contributed by atoms with Gasteiger partial charge in [-0.3, -0.25) is 4.79 Å². The maximum Gasteiger partial charge on any atom is 0.245 e. The van der Waals surface area contributed by atoms with Gasteiger partial charge in [0.05, 0.1) is 37.3 Å². The lowest BCUT2D eigenvalue weighted by atomic mass is 10.1. The van der Waals surface area contributed by atoms with Crippen LogP contribution in [0.4, 0.5) is 15.9 Å². The SMILES string of the molecule is C=CC(=O)N1CCC(Oc2cc3c(Nc4ccc(Oc5ccn(C6=C/N=C(/OC)CC/C=C\6)n5)cc4F)ncnc3cc2OC)CC1. The van der Waals surface area contributed by atoms with Gasteiger partial charge in [-0.05, 0) is 36.8 Å². The van der Waals surface area contributed by atoms with Gasteiger partial charge >= 0.3 is 0 Å². The zero-order valence-corrected chi connectivity index (χ0v) is 26.1. The van der Waals surface area contributed by atoms with Crippen LogP contribution < -0.4 is 19.5 Å². The van der Waals surface area contributed by atoms with Crippen molar-refractivity contribution >= 4 is 39.9 Å². The number of aromatic nitrogens is 4. The van der Waals surface area contributed by atoms with Gasteiger partial charge in [0.2, 0.25) is 11.8 Å². The van der Waals surface area contributed by atoms with E-state index in [0.29, 0.717) is 65.9 Å². The summed E-state index contributed by atoms with van der Waals surface area (Å²) in [6.07, 6.45) is 12.8. The maximum absolute atomic E-state index is 15.4. The minimum atomic E-state index is -0.549. The number of ether oxygens (including phenoxy) is 4. The van der Waals surface area contributed by atoms with E-state index in [9.17, 15) is 4.79 Å². The van der Waals surface area contributed by atoms with E-state index in [1.165, 1.54) is 18.5 Å². The number of methoxy groups -OCH3 is 2. The zero-order valence-electron chi connectivity index (χ0n) is 26.1. The molecule has 2 aliphatic heterocycles. The Hall–Kier alpha value is -5.72. The summed E-state index contributed by atoms with van der Waals surface area (Å²) in [4.78, 5) is 26.8. The molecule has 4 aromatic rings. The lowest BCUT2D eigenvalue weighted by Crippen LogP contribution is -2.41. The Morgan fingerprint density at radius 3 is 2.70 bits per heavy atom. The van der Waals surface area contributed by atoms with E-state index in [1.54, 1.807) is 66.5 Å². The number of anilines is 2. The number of fused-ring (bicyclic) bond motifs is 1. The molecule has 0 unspecified atom stereocenters. The van der Waals surface area contributed by atoms with Gasteiger partial charge in [-0.1, -0.05) is 12.7 Å². The summed E-state index contributed by atoms with van der Waals surface area (Å²) in [5.74, 6) is 1.97. The fourth-order valence-electron chi connectivity index (χ4n) is 5.28. The van der Waals surface area contributed by atoms with Crippen molar-refractivity contribution in [2.45, 2.75) is 31.8 Å². The van der Waals surface area contributed by atoms with Crippen LogP contribution in [0.25, 0.3) is 16.6 Å². The Bertz CT molecular complexity index is 1880. The van der Waals surface area contributed by atoms with Crippen LogP contribution >= 0.6 is 0 Å². The van der Waals surface area contributed by atoms with Crippen LogP contribution in [-0.4, -0.2) is 69.9 Å². The summed E-state index contributed by atoms with van der Waals surface area (Å²) in [5.41, 5.74) is 1.51. The highest BCUT2D eigenvalue weighted by Crippen LogP contribution is 2.37. The third kappa shape index (κ3) is 7.24. The number of hydrogen-bond donors (Lipinski definition) is 1. The number of hydrogen-bond acceptors (Lipinski definition) is 10. The number of benzene rings is 2. The molecule has 12 nitrogen and oxygen atoms in total. The summed E-state index contributed by atoms with van der Waals surface area (Å²) in [7, 11) is 3.15. The Labute approximate surface area is 270 Å². The predicted octanol–water partition coefficient (Wildman–Crippen LogP) is 6.26. The van der Waals surface area contributed by atoms with Gasteiger partial charge in [0, 0.05) is 62.1 Å². The topological polar surface area (TPSA) is 125 Å². The molecular weight excluding hydrogens is 605 g/mol. The first-order valence-electron chi connectivity index (χ1n) is 15.1. The summed E-state index contributed by atoms with van der Waals surface area (Å²) < 4.78 is 40.0. The fraction of sp³-hybridized carbons (Fsp3) is 0.265.